The number of carbonyl (C=O) groups is 1. The van der Waals surface area contributed by atoms with Crippen molar-refractivity contribution in [2.24, 2.45) is 4.40 Å². The molecule has 2 heterocycles. The lowest BCUT2D eigenvalue weighted by Crippen LogP contribution is -2.40. The Morgan fingerprint density at radius 3 is 2.96 bits per heavy atom. The zero-order valence-electron chi connectivity index (χ0n) is 13.8. The maximum atomic E-state index is 12.7. The number of hydrogen-bond acceptors (Lipinski definition) is 5. The Labute approximate surface area is 146 Å². The lowest BCUT2D eigenvalue weighted by Gasteiger charge is -2.28. The van der Waals surface area contributed by atoms with E-state index in [1.807, 2.05) is 13.0 Å². The molecule has 0 aliphatic carbocycles. The van der Waals surface area contributed by atoms with Gasteiger partial charge in [0.05, 0.1) is 23.6 Å². The van der Waals surface area contributed by atoms with Crippen LogP contribution in [0.15, 0.2) is 52.6 Å². The molecule has 1 amide bonds. The lowest BCUT2D eigenvalue weighted by atomic mass is 10.1. The number of para-hydroxylation sites is 2. The van der Waals surface area contributed by atoms with Crippen LogP contribution in [0.25, 0.3) is 0 Å². The van der Waals surface area contributed by atoms with Crippen molar-refractivity contribution in [3.05, 3.63) is 48.2 Å². The van der Waals surface area contributed by atoms with Crippen molar-refractivity contribution >= 4 is 27.5 Å². The van der Waals surface area contributed by atoms with E-state index < -0.39 is 15.9 Å². The van der Waals surface area contributed by atoms with Crippen LogP contribution >= 0.6 is 0 Å². The van der Waals surface area contributed by atoms with Crippen LogP contribution in [0.5, 0.6) is 5.75 Å². The molecule has 8 heteroatoms. The molecule has 3 rings (SSSR count). The monoisotopic (exact) mass is 361 g/mol. The number of rotatable bonds is 5. The maximum absolute atomic E-state index is 12.7. The van der Waals surface area contributed by atoms with Crippen molar-refractivity contribution in [1.29, 1.82) is 0 Å². The molecule has 2 aliphatic rings. The summed E-state index contributed by atoms with van der Waals surface area (Å²) in [6.07, 6.45) is 5.82. The first-order valence-electron chi connectivity index (χ1n) is 8.01. The minimum absolute atomic E-state index is 0.0660. The van der Waals surface area contributed by atoms with Crippen molar-refractivity contribution in [2.75, 3.05) is 24.2 Å². The number of fused-ring (bicyclic) bond motifs is 1. The quantitative estimate of drug-likeness (QED) is 0.865. The van der Waals surface area contributed by atoms with Gasteiger partial charge in [0.25, 0.3) is 15.9 Å². The van der Waals surface area contributed by atoms with Gasteiger partial charge in [-0.3, -0.25) is 4.79 Å². The molecule has 1 N–H and O–H groups in total. The van der Waals surface area contributed by atoms with Crippen LogP contribution in [0, 0.1) is 0 Å². The molecule has 0 bridgehead atoms. The molecule has 0 saturated carbocycles. The SMILES string of the molecule is CCCOc1ccccc1NC(=O)C1=CC=CN2CCS(=O)(=O)N=C12. The normalized spacial score (nSPS) is 18.0. The molecule has 25 heavy (non-hydrogen) atoms. The number of ether oxygens (including phenoxy) is 1. The average molecular weight is 361 g/mol. The molecule has 0 saturated heterocycles. The maximum Gasteiger partial charge on any atom is 0.259 e. The highest BCUT2D eigenvalue weighted by atomic mass is 32.2. The highest BCUT2D eigenvalue weighted by molar-refractivity contribution is 7.90. The van der Waals surface area contributed by atoms with E-state index in [0.717, 1.165) is 6.42 Å². The fourth-order valence-electron chi connectivity index (χ4n) is 2.49. The number of nitrogens with zero attached hydrogens (tertiary/aromatic N) is 2. The van der Waals surface area contributed by atoms with E-state index in [-0.39, 0.29) is 23.7 Å². The summed E-state index contributed by atoms with van der Waals surface area (Å²) in [4.78, 5) is 14.4. The minimum atomic E-state index is -3.55. The van der Waals surface area contributed by atoms with Crippen molar-refractivity contribution in [3.8, 4) is 5.75 Å². The van der Waals surface area contributed by atoms with Gasteiger partial charge in [-0.1, -0.05) is 19.1 Å². The van der Waals surface area contributed by atoms with Crippen LogP contribution in [0.2, 0.25) is 0 Å². The second-order valence-corrected chi connectivity index (χ2v) is 7.37. The highest BCUT2D eigenvalue weighted by Crippen LogP contribution is 2.26. The van der Waals surface area contributed by atoms with Crippen molar-refractivity contribution in [1.82, 2.24) is 4.90 Å². The van der Waals surface area contributed by atoms with E-state index in [9.17, 15) is 13.2 Å². The molecule has 132 valence electrons. The van der Waals surface area contributed by atoms with Gasteiger partial charge in [0.15, 0.2) is 5.84 Å². The summed E-state index contributed by atoms with van der Waals surface area (Å²) >= 11 is 0. The van der Waals surface area contributed by atoms with Crippen LogP contribution in [0.4, 0.5) is 5.69 Å². The number of amides is 1. The Hall–Kier alpha value is -2.61. The Kier molecular flexibility index (Phi) is 4.89. The molecule has 0 fully saturated rings. The number of allylic oxidation sites excluding steroid dienone is 2. The molecule has 0 unspecified atom stereocenters. The van der Waals surface area contributed by atoms with E-state index in [1.165, 1.54) is 0 Å². The fraction of sp³-hybridized carbons (Fsp3) is 0.294. The third-order valence-electron chi connectivity index (χ3n) is 3.70. The molecule has 2 aliphatic heterocycles. The largest absolute Gasteiger partial charge is 0.491 e. The zero-order chi connectivity index (χ0) is 17.9. The highest BCUT2D eigenvalue weighted by Gasteiger charge is 2.30. The van der Waals surface area contributed by atoms with E-state index in [4.69, 9.17) is 4.74 Å². The minimum Gasteiger partial charge on any atom is -0.491 e. The summed E-state index contributed by atoms with van der Waals surface area (Å²) in [6.45, 7) is 2.81. The number of amidine groups is 1. The summed E-state index contributed by atoms with van der Waals surface area (Å²) in [6, 6.07) is 7.12. The smallest absolute Gasteiger partial charge is 0.259 e. The second kappa shape index (κ2) is 7.10. The summed E-state index contributed by atoms with van der Waals surface area (Å²) < 4.78 is 33.0. The molecule has 0 radical (unpaired) electrons. The van der Waals surface area contributed by atoms with E-state index in [2.05, 4.69) is 9.71 Å². The Balaban J connectivity index is 1.85. The van der Waals surface area contributed by atoms with Gasteiger partial charge in [-0.05, 0) is 30.7 Å². The van der Waals surface area contributed by atoms with E-state index in [1.54, 1.807) is 41.5 Å². The second-order valence-electron chi connectivity index (χ2n) is 5.61. The van der Waals surface area contributed by atoms with Crippen LogP contribution in [0.3, 0.4) is 0 Å². The lowest BCUT2D eigenvalue weighted by molar-refractivity contribution is -0.112. The molecule has 1 aromatic rings. The zero-order valence-corrected chi connectivity index (χ0v) is 14.6. The van der Waals surface area contributed by atoms with Crippen molar-refractivity contribution in [3.63, 3.8) is 0 Å². The number of nitrogens with one attached hydrogen (secondary N) is 1. The molecule has 1 aromatic carbocycles. The fourth-order valence-corrected chi connectivity index (χ4v) is 3.48. The van der Waals surface area contributed by atoms with Gasteiger partial charge in [-0.15, -0.1) is 4.40 Å². The van der Waals surface area contributed by atoms with Crippen LogP contribution in [0.1, 0.15) is 13.3 Å². The number of sulfonamides is 1. The van der Waals surface area contributed by atoms with Gasteiger partial charge < -0.3 is 15.0 Å². The molecule has 0 aromatic heterocycles. The first-order chi connectivity index (χ1) is 12.0. The van der Waals surface area contributed by atoms with Crippen LogP contribution in [-0.2, 0) is 14.8 Å². The van der Waals surface area contributed by atoms with Gasteiger partial charge in [0, 0.05) is 12.7 Å². The predicted molar refractivity (Wildman–Crippen MR) is 96.0 cm³/mol. The average Bonchev–Trinajstić information content (AvgIpc) is 2.59. The predicted octanol–water partition coefficient (Wildman–Crippen LogP) is 1.91. The van der Waals surface area contributed by atoms with E-state index in [0.29, 0.717) is 18.0 Å². The Morgan fingerprint density at radius 2 is 2.16 bits per heavy atom. The summed E-state index contributed by atoms with van der Waals surface area (Å²) in [7, 11) is -3.55. The number of anilines is 1. The Bertz CT molecular complexity index is 872. The topological polar surface area (TPSA) is 88.1 Å². The first-order valence-corrected chi connectivity index (χ1v) is 9.62. The summed E-state index contributed by atoms with van der Waals surface area (Å²) in [5.74, 6) is 0.222. The summed E-state index contributed by atoms with van der Waals surface area (Å²) in [5.41, 5.74) is 0.735. The van der Waals surface area contributed by atoms with Gasteiger partial charge in [0.2, 0.25) is 0 Å². The summed E-state index contributed by atoms with van der Waals surface area (Å²) in [5, 5.41) is 2.78. The molecule has 0 spiro atoms. The van der Waals surface area contributed by atoms with Crippen molar-refractivity contribution in [2.45, 2.75) is 13.3 Å². The number of hydrogen-bond donors (Lipinski definition) is 1. The third-order valence-corrected chi connectivity index (χ3v) is 4.85. The van der Waals surface area contributed by atoms with Crippen LogP contribution < -0.4 is 10.1 Å². The van der Waals surface area contributed by atoms with E-state index >= 15 is 0 Å². The number of benzene rings is 1. The third kappa shape index (κ3) is 3.90. The van der Waals surface area contributed by atoms with Gasteiger partial charge in [-0.25, -0.2) is 8.42 Å². The van der Waals surface area contributed by atoms with Crippen molar-refractivity contribution < 1.29 is 17.9 Å². The first kappa shape index (κ1) is 17.2. The van der Waals surface area contributed by atoms with Crippen LogP contribution in [-0.4, -0.2) is 44.0 Å². The standard InChI is InChI=1S/C17H19N3O4S/c1-2-11-24-15-8-4-3-7-14(15)18-17(21)13-6-5-9-20-10-12-25(22,23)19-16(13)20/h3-9H,2,10-12H2,1H3,(H,18,21). The molecular formula is C17H19N3O4S. The molecule has 0 atom stereocenters. The van der Waals surface area contributed by atoms with Gasteiger partial charge in [-0.2, -0.15) is 0 Å². The number of carbonyl (C=O) groups excluding carboxylic acids is 1. The van der Waals surface area contributed by atoms with Gasteiger partial charge in [0.1, 0.15) is 5.75 Å². The Morgan fingerprint density at radius 1 is 1.36 bits per heavy atom. The molecule has 7 nitrogen and oxygen atoms in total. The van der Waals surface area contributed by atoms with Gasteiger partial charge >= 0.3 is 0 Å². The molecular weight excluding hydrogens is 342 g/mol.